The van der Waals surface area contributed by atoms with Crippen LogP contribution in [0.25, 0.3) is 0 Å². The van der Waals surface area contributed by atoms with Gasteiger partial charge in [-0.05, 0) is 24.3 Å². The van der Waals surface area contributed by atoms with Crippen molar-refractivity contribution in [2.45, 2.75) is 5.88 Å². The van der Waals surface area contributed by atoms with Gasteiger partial charge in [-0.3, -0.25) is 0 Å². The summed E-state index contributed by atoms with van der Waals surface area (Å²) in [6.45, 7) is 0. The van der Waals surface area contributed by atoms with Crippen molar-refractivity contribution in [3.63, 3.8) is 0 Å². The zero-order valence-electron chi connectivity index (χ0n) is 8.96. The minimum absolute atomic E-state index is 0.0407. The molecule has 94 valence electrons. The number of nitrogens with zero attached hydrogens (tertiary/aromatic N) is 1. The van der Waals surface area contributed by atoms with Gasteiger partial charge < -0.3 is 4.74 Å². The zero-order chi connectivity index (χ0) is 13.1. The van der Waals surface area contributed by atoms with Crippen LogP contribution in [0.15, 0.2) is 30.5 Å². The Balaban J connectivity index is 2.34. The van der Waals surface area contributed by atoms with Crippen molar-refractivity contribution < 1.29 is 9.13 Å². The van der Waals surface area contributed by atoms with E-state index in [0.29, 0.717) is 10.6 Å². The number of halogens is 4. The van der Waals surface area contributed by atoms with E-state index in [1.807, 2.05) is 0 Å². The molecule has 0 radical (unpaired) electrons. The van der Waals surface area contributed by atoms with Gasteiger partial charge in [-0.15, -0.1) is 11.6 Å². The number of alkyl halides is 1. The summed E-state index contributed by atoms with van der Waals surface area (Å²) in [4.78, 5) is 3.80. The second-order valence-corrected chi connectivity index (χ2v) is 4.51. The summed E-state index contributed by atoms with van der Waals surface area (Å²) >= 11 is 17.3. The minimum Gasteiger partial charge on any atom is -0.435 e. The molecule has 0 aliphatic heterocycles. The highest BCUT2D eigenvalue weighted by atomic mass is 35.5. The lowest BCUT2D eigenvalue weighted by Crippen LogP contribution is -1.96. The van der Waals surface area contributed by atoms with Gasteiger partial charge in [-0.25, -0.2) is 9.37 Å². The monoisotopic (exact) mass is 305 g/mol. The molecule has 18 heavy (non-hydrogen) atoms. The van der Waals surface area contributed by atoms with Crippen LogP contribution in [0.3, 0.4) is 0 Å². The number of hydrogen-bond donors (Lipinski definition) is 0. The van der Waals surface area contributed by atoms with E-state index in [-0.39, 0.29) is 22.5 Å². The molecule has 1 aromatic carbocycles. The molecule has 0 saturated carbocycles. The SMILES string of the molecule is Fc1c(CCl)ccnc1Oc1ccc(Cl)cc1Cl. The van der Waals surface area contributed by atoms with Gasteiger partial charge in [-0.2, -0.15) is 0 Å². The van der Waals surface area contributed by atoms with Crippen molar-refractivity contribution in [2.24, 2.45) is 0 Å². The summed E-state index contributed by atoms with van der Waals surface area (Å²) in [6.07, 6.45) is 1.42. The molecule has 0 aliphatic rings. The predicted octanol–water partition coefficient (Wildman–Crippen LogP) is 5.06. The number of rotatable bonds is 3. The maximum absolute atomic E-state index is 13.8. The first-order valence-corrected chi connectivity index (χ1v) is 6.23. The van der Waals surface area contributed by atoms with Crippen LogP contribution in [0.5, 0.6) is 11.6 Å². The quantitative estimate of drug-likeness (QED) is 0.740. The van der Waals surface area contributed by atoms with Crippen LogP contribution in [0.1, 0.15) is 5.56 Å². The second-order valence-electron chi connectivity index (χ2n) is 3.40. The van der Waals surface area contributed by atoms with E-state index in [1.54, 1.807) is 12.1 Å². The molecular formula is C12H7Cl3FNO. The Morgan fingerprint density at radius 1 is 1.22 bits per heavy atom. The molecule has 2 rings (SSSR count). The van der Waals surface area contributed by atoms with Crippen LogP contribution in [0, 0.1) is 5.82 Å². The molecule has 2 aromatic rings. The van der Waals surface area contributed by atoms with Crippen LogP contribution < -0.4 is 4.74 Å². The molecule has 0 bridgehead atoms. The summed E-state index contributed by atoms with van der Waals surface area (Å²) < 4.78 is 19.1. The maximum Gasteiger partial charge on any atom is 0.256 e. The fourth-order valence-corrected chi connectivity index (χ4v) is 1.95. The third kappa shape index (κ3) is 2.86. The largest absolute Gasteiger partial charge is 0.435 e. The van der Waals surface area contributed by atoms with Gasteiger partial charge in [0.05, 0.1) is 10.9 Å². The standard InChI is InChI=1S/C12H7Cl3FNO/c13-6-7-3-4-17-12(11(7)16)18-10-2-1-8(14)5-9(10)15/h1-5H,6H2. The first kappa shape index (κ1) is 13.4. The normalized spacial score (nSPS) is 10.4. The van der Waals surface area contributed by atoms with Crippen LogP contribution in [-0.2, 0) is 5.88 Å². The number of benzene rings is 1. The highest BCUT2D eigenvalue weighted by Gasteiger charge is 2.12. The summed E-state index contributed by atoms with van der Waals surface area (Å²) in [6, 6.07) is 6.12. The van der Waals surface area contributed by atoms with Gasteiger partial charge in [0.15, 0.2) is 5.82 Å². The number of pyridine rings is 1. The molecule has 1 heterocycles. The Labute approximate surface area is 118 Å². The third-order valence-corrected chi connectivity index (χ3v) is 3.00. The molecule has 0 saturated heterocycles. The smallest absolute Gasteiger partial charge is 0.256 e. The average Bonchev–Trinajstić information content (AvgIpc) is 2.35. The molecule has 0 spiro atoms. The molecule has 0 N–H and O–H groups in total. The average molecular weight is 307 g/mol. The van der Waals surface area contributed by atoms with Crippen molar-refractivity contribution in [1.82, 2.24) is 4.98 Å². The van der Waals surface area contributed by atoms with Crippen molar-refractivity contribution >= 4 is 34.8 Å². The number of hydrogen-bond acceptors (Lipinski definition) is 2. The summed E-state index contributed by atoms with van der Waals surface area (Å²) in [5.41, 5.74) is 0.312. The number of aromatic nitrogens is 1. The minimum atomic E-state index is -0.599. The third-order valence-electron chi connectivity index (χ3n) is 2.18. The predicted molar refractivity (Wildman–Crippen MR) is 70.3 cm³/mol. The molecule has 0 atom stereocenters. The van der Waals surface area contributed by atoms with E-state index < -0.39 is 5.82 Å². The Morgan fingerprint density at radius 2 is 2.00 bits per heavy atom. The Bertz CT molecular complexity index is 577. The second kappa shape index (κ2) is 5.74. The van der Waals surface area contributed by atoms with Crippen molar-refractivity contribution in [2.75, 3.05) is 0 Å². The Hall–Kier alpha value is -1.03. The lowest BCUT2D eigenvalue weighted by molar-refractivity contribution is 0.420. The van der Waals surface area contributed by atoms with Crippen molar-refractivity contribution in [1.29, 1.82) is 0 Å². The Kier molecular flexibility index (Phi) is 4.27. The first-order chi connectivity index (χ1) is 8.61. The highest BCUT2D eigenvalue weighted by molar-refractivity contribution is 6.35. The molecule has 1 aromatic heterocycles. The molecule has 0 unspecified atom stereocenters. The highest BCUT2D eigenvalue weighted by Crippen LogP contribution is 2.32. The topological polar surface area (TPSA) is 22.1 Å². The van der Waals surface area contributed by atoms with Gasteiger partial charge >= 0.3 is 0 Å². The molecular weight excluding hydrogens is 299 g/mol. The fourth-order valence-electron chi connectivity index (χ4n) is 1.30. The van der Waals surface area contributed by atoms with Crippen LogP contribution in [0.2, 0.25) is 10.0 Å². The van der Waals surface area contributed by atoms with E-state index in [0.717, 1.165) is 0 Å². The lowest BCUT2D eigenvalue weighted by Gasteiger charge is -2.08. The fraction of sp³-hybridized carbons (Fsp3) is 0.0833. The van der Waals surface area contributed by atoms with Crippen molar-refractivity contribution in [3.8, 4) is 11.6 Å². The molecule has 0 fully saturated rings. The van der Waals surface area contributed by atoms with E-state index in [9.17, 15) is 4.39 Å². The first-order valence-electron chi connectivity index (χ1n) is 4.94. The van der Waals surface area contributed by atoms with Gasteiger partial charge in [0.1, 0.15) is 5.75 Å². The van der Waals surface area contributed by atoms with Gasteiger partial charge in [0.25, 0.3) is 5.88 Å². The van der Waals surface area contributed by atoms with Gasteiger partial charge in [0, 0.05) is 16.8 Å². The maximum atomic E-state index is 13.8. The Morgan fingerprint density at radius 3 is 2.67 bits per heavy atom. The van der Waals surface area contributed by atoms with Crippen LogP contribution in [-0.4, -0.2) is 4.98 Å². The zero-order valence-corrected chi connectivity index (χ0v) is 11.2. The lowest BCUT2D eigenvalue weighted by atomic mass is 10.3. The van der Waals surface area contributed by atoms with E-state index in [1.165, 1.54) is 18.3 Å². The van der Waals surface area contributed by atoms with Crippen LogP contribution >= 0.6 is 34.8 Å². The van der Waals surface area contributed by atoms with E-state index in [4.69, 9.17) is 39.5 Å². The number of ether oxygens (including phenoxy) is 1. The van der Waals surface area contributed by atoms with E-state index in [2.05, 4.69) is 4.98 Å². The molecule has 0 amide bonds. The van der Waals surface area contributed by atoms with Gasteiger partial charge in [0.2, 0.25) is 0 Å². The molecule has 6 heteroatoms. The van der Waals surface area contributed by atoms with Crippen molar-refractivity contribution in [3.05, 3.63) is 51.9 Å². The van der Waals surface area contributed by atoms with E-state index >= 15 is 0 Å². The molecule has 2 nitrogen and oxygen atoms in total. The van der Waals surface area contributed by atoms with Crippen LogP contribution in [0.4, 0.5) is 4.39 Å². The summed E-state index contributed by atoms with van der Waals surface area (Å²) in [5, 5.41) is 0.746. The molecule has 0 aliphatic carbocycles. The van der Waals surface area contributed by atoms with Gasteiger partial charge in [-0.1, -0.05) is 23.2 Å². The summed E-state index contributed by atoms with van der Waals surface area (Å²) in [5.74, 6) is -0.450. The summed E-state index contributed by atoms with van der Waals surface area (Å²) in [7, 11) is 0.